The standard InChI is InChI=1S/C16H23N3O2S/c1-11-10-22-15(18-11)12-8-19(5-6-20-12)9-14-17-7-13(21-14)16(2,3)4/h7,10,12H,5-6,8-9H2,1-4H3/t12-/m1/s1. The average Bonchev–Trinajstić information content (AvgIpc) is 3.08. The highest BCUT2D eigenvalue weighted by Gasteiger charge is 2.26. The Morgan fingerprint density at radius 2 is 2.23 bits per heavy atom. The lowest BCUT2D eigenvalue weighted by molar-refractivity contribution is -0.0354. The van der Waals surface area contributed by atoms with E-state index in [1.807, 2.05) is 13.1 Å². The Morgan fingerprint density at radius 1 is 1.41 bits per heavy atom. The van der Waals surface area contributed by atoms with Gasteiger partial charge in [-0.05, 0) is 6.92 Å². The van der Waals surface area contributed by atoms with Crippen molar-refractivity contribution in [1.82, 2.24) is 14.9 Å². The lowest BCUT2D eigenvalue weighted by atomic mass is 9.94. The molecule has 1 atom stereocenters. The van der Waals surface area contributed by atoms with Crippen molar-refractivity contribution in [3.8, 4) is 0 Å². The molecule has 2 aromatic rings. The summed E-state index contributed by atoms with van der Waals surface area (Å²) in [7, 11) is 0. The summed E-state index contributed by atoms with van der Waals surface area (Å²) < 4.78 is 11.7. The van der Waals surface area contributed by atoms with E-state index in [0.717, 1.165) is 48.6 Å². The van der Waals surface area contributed by atoms with E-state index in [0.29, 0.717) is 0 Å². The summed E-state index contributed by atoms with van der Waals surface area (Å²) in [6.07, 6.45) is 1.90. The number of morpholine rings is 1. The minimum atomic E-state index is -0.00277. The predicted octanol–water partition coefficient (Wildman–Crippen LogP) is 3.31. The first-order chi connectivity index (χ1) is 10.4. The molecule has 0 radical (unpaired) electrons. The highest BCUT2D eigenvalue weighted by Crippen LogP contribution is 2.27. The third-order valence-electron chi connectivity index (χ3n) is 3.71. The third kappa shape index (κ3) is 3.56. The number of nitrogens with zero attached hydrogens (tertiary/aromatic N) is 3. The minimum Gasteiger partial charge on any atom is -0.444 e. The van der Waals surface area contributed by atoms with Crippen LogP contribution in [0.15, 0.2) is 16.0 Å². The number of ether oxygens (including phenoxy) is 1. The summed E-state index contributed by atoms with van der Waals surface area (Å²) >= 11 is 1.67. The van der Waals surface area contributed by atoms with E-state index >= 15 is 0 Å². The molecule has 1 aliphatic rings. The number of hydrogen-bond acceptors (Lipinski definition) is 6. The molecule has 5 nitrogen and oxygen atoms in total. The van der Waals surface area contributed by atoms with Crippen LogP contribution in [0.4, 0.5) is 0 Å². The Labute approximate surface area is 135 Å². The van der Waals surface area contributed by atoms with Gasteiger partial charge in [0, 0.05) is 29.6 Å². The fraction of sp³-hybridized carbons (Fsp3) is 0.625. The fourth-order valence-electron chi connectivity index (χ4n) is 2.44. The summed E-state index contributed by atoms with van der Waals surface area (Å²) in [5.74, 6) is 1.71. The molecule has 0 bridgehead atoms. The van der Waals surface area contributed by atoms with Crippen molar-refractivity contribution in [3.05, 3.63) is 33.9 Å². The van der Waals surface area contributed by atoms with Gasteiger partial charge in [0.15, 0.2) is 0 Å². The van der Waals surface area contributed by atoms with Crippen LogP contribution in [0.1, 0.15) is 49.2 Å². The van der Waals surface area contributed by atoms with Crippen molar-refractivity contribution >= 4 is 11.3 Å². The maximum Gasteiger partial charge on any atom is 0.208 e. The highest BCUT2D eigenvalue weighted by molar-refractivity contribution is 7.09. The van der Waals surface area contributed by atoms with Crippen LogP contribution in [0.5, 0.6) is 0 Å². The van der Waals surface area contributed by atoms with Crippen LogP contribution in [0.3, 0.4) is 0 Å². The van der Waals surface area contributed by atoms with Crippen molar-refractivity contribution in [2.75, 3.05) is 19.7 Å². The van der Waals surface area contributed by atoms with Gasteiger partial charge < -0.3 is 9.15 Å². The molecule has 6 heteroatoms. The van der Waals surface area contributed by atoms with Crippen LogP contribution < -0.4 is 0 Å². The largest absolute Gasteiger partial charge is 0.444 e. The van der Waals surface area contributed by atoms with Crippen molar-refractivity contribution in [3.63, 3.8) is 0 Å². The van der Waals surface area contributed by atoms with Crippen molar-refractivity contribution < 1.29 is 9.15 Å². The number of aryl methyl sites for hydroxylation is 1. The highest BCUT2D eigenvalue weighted by atomic mass is 32.1. The molecule has 3 rings (SSSR count). The van der Waals surface area contributed by atoms with E-state index in [9.17, 15) is 0 Å². The second kappa shape index (κ2) is 6.10. The Bertz CT molecular complexity index is 629. The first kappa shape index (κ1) is 15.6. The van der Waals surface area contributed by atoms with Crippen LogP contribution >= 0.6 is 11.3 Å². The molecule has 3 heterocycles. The summed E-state index contributed by atoms with van der Waals surface area (Å²) in [4.78, 5) is 11.3. The van der Waals surface area contributed by atoms with Gasteiger partial charge in [-0.3, -0.25) is 4.90 Å². The summed E-state index contributed by atoms with van der Waals surface area (Å²) in [5, 5.41) is 3.13. The van der Waals surface area contributed by atoms with Crippen LogP contribution in [0.2, 0.25) is 0 Å². The molecule has 2 aromatic heterocycles. The Kier molecular flexibility index (Phi) is 4.34. The van der Waals surface area contributed by atoms with Crippen LogP contribution in [-0.2, 0) is 16.7 Å². The van der Waals surface area contributed by atoms with E-state index < -0.39 is 0 Å². The summed E-state index contributed by atoms with van der Waals surface area (Å²) in [6.45, 7) is 11.6. The normalized spacial score (nSPS) is 20.5. The molecule has 0 amide bonds. The number of thiazole rings is 1. The van der Waals surface area contributed by atoms with E-state index in [4.69, 9.17) is 9.15 Å². The van der Waals surface area contributed by atoms with Gasteiger partial charge in [0.25, 0.3) is 0 Å². The maximum atomic E-state index is 5.89. The van der Waals surface area contributed by atoms with Crippen molar-refractivity contribution in [2.45, 2.75) is 45.8 Å². The van der Waals surface area contributed by atoms with E-state index in [2.05, 4.69) is 41.0 Å². The van der Waals surface area contributed by atoms with Crippen LogP contribution in [0.25, 0.3) is 0 Å². The quantitative estimate of drug-likeness (QED) is 0.868. The molecule has 0 aromatic carbocycles. The summed E-state index contributed by atoms with van der Waals surface area (Å²) in [6, 6.07) is 0. The zero-order chi connectivity index (χ0) is 15.7. The zero-order valence-electron chi connectivity index (χ0n) is 13.6. The van der Waals surface area contributed by atoms with Gasteiger partial charge in [0.1, 0.15) is 16.9 Å². The first-order valence-corrected chi connectivity index (χ1v) is 8.51. The molecule has 1 aliphatic heterocycles. The third-order valence-corrected chi connectivity index (χ3v) is 4.77. The molecular formula is C16H23N3O2S. The fourth-order valence-corrected chi connectivity index (χ4v) is 3.27. The van der Waals surface area contributed by atoms with Gasteiger partial charge in [-0.2, -0.15) is 0 Å². The Morgan fingerprint density at radius 3 is 2.86 bits per heavy atom. The SMILES string of the molecule is Cc1csc([C@H]2CN(Cc3ncc(C(C)(C)C)o3)CCO2)n1. The van der Waals surface area contributed by atoms with Gasteiger partial charge in [-0.15, -0.1) is 11.3 Å². The van der Waals surface area contributed by atoms with Crippen molar-refractivity contribution in [2.24, 2.45) is 0 Å². The van der Waals surface area contributed by atoms with Gasteiger partial charge in [0.2, 0.25) is 5.89 Å². The Hall–Kier alpha value is -1.24. The van der Waals surface area contributed by atoms with Gasteiger partial charge in [-0.1, -0.05) is 20.8 Å². The summed E-state index contributed by atoms with van der Waals surface area (Å²) in [5.41, 5.74) is 1.06. The van der Waals surface area contributed by atoms with Gasteiger partial charge in [0.05, 0.1) is 19.3 Å². The smallest absolute Gasteiger partial charge is 0.208 e. The van der Waals surface area contributed by atoms with Crippen LogP contribution in [0, 0.1) is 6.92 Å². The van der Waals surface area contributed by atoms with E-state index in [1.54, 1.807) is 11.3 Å². The van der Waals surface area contributed by atoms with Gasteiger partial charge in [-0.25, -0.2) is 9.97 Å². The molecule has 0 N–H and O–H groups in total. The monoisotopic (exact) mass is 321 g/mol. The number of oxazole rings is 1. The second-order valence-corrected chi connectivity index (χ2v) is 7.68. The average molecular weight is 321 g/mol. The Balaban J connectivity index is 1.64. The molecule has 0 spiro atoms. The van der Waals surface area contributed by atoms with Crippen molar-refractivity contribution in [1.29, 1.82) is 0 Å². The second-order valence-electron chi connectivity index (χ2n) is 6.79. The molecule has 22 heavy (non-hydrogen) atoms. The molecule has 120 valence electrons. The van der Waals surface area contributed by atoms with E-state index in [-0.39, 0.29) is 11.5 Å². The number of hydrogen-bond donors (Lipinski definition) is 0. The van der Waals surface area contributed by atoms with Gasteiger partial charge >= 0.3 is 0 Å². The molecule has 1 fully saturated rings. The first-order valence-electron chi connectivity index (χ1n) is 7.63. The molecule has 1 saturated heterocycles. The van der Waals surface area contributed by atoms with Crippen LogP contribution in [-0.4, -0.2) is 34.6 Å². The predicted molar refractivity (Wildman–Crippen MR) is 86.0 cm³/mol. The number of aromatic nitrogens is 2. The molecule has 0 saturated carbocycles. The maximum absolute atomic E-state index is 5.89. The molecular weight excluding hydrogens is 298 g/mol. The lowest BCUT2D eigenvalue weighted by Gasteiger charge is -2.31. The molecule has 0 unspecified atom stereocenters. The lowest BCUT2D eigenvalue weighted by Crippen LogP contribution is -2.37. The minimum absolute atomic E-state index is 0.00277. The number of rotatable bonds is 3. The van der Waals surface area contributed by atoms with E-state index in [1.165, 1.54) is 0 Å². The zero-order valence-corrected chi connectivity index (χ0v) is 14.4. The topological polar surface area (TPSA) is 51.4 Å². The molecule has 0 aliphatic carbocycles.